The van der Waals surface area contributed by atoms with Crippen molar-refractivity contribution >= 4 is 5.91 Å². The van der Waals surface area contributed by atoms with Gasteiger partial charge in [0.1, 0.15) is 0 Å². The van der Waals surface area contributed by atoms with Gasteiger partial charge < -0.3 is 10.6 Å². The highest BCUT2D eigenvalue weighted by atomic mass is 16.2. The van der Waals surface area contributed by atoms with Crippen LogP contribution in [0.15, 0.2) is 0 Å². The molecule has 0 aromatic rings. The van der Waals surface area contributed by atoms with E-state index in [4.69, 9.17) is 5.73 Å². The highest BCUT2D eigenvalue weighted by molar-refractivity contribution is 5.82. The summed E-state index contributed by atoms with van der Waals surface area (Å²) in [4.78, 5) is 14.2. The van der Waals surface area contributed by atoms with Crippen LogP contribution < -0.4 is 5.73 Å². The van der Waals surface area contributed by atoms with Crippen molar-refractivity contribution < 1.29 is 4.79 Å². The Balaban J connectivity index is 2.58. The summed E-state index contributed by atoms with van der Waals surface area (Å²) in [5.74, 6) is 0.121. The first kappa shape index (κ1) is 14.5. The lowest BCUT2D eigenvalue weighted by Crippen LogP contribution is -2.53. The van der Waals surface area contributed by atoms with Crippen molar-refractivity contribution in [1.29, 1.82) is 0 Å². The first-order valence-electron chi connectivity index (χ1n) is 6.74. The van der Waals surface area contributed by atoms with E-state index in [2.05, 4.69) is 13.8 Å². The second-order valence-electron chi connectivity index (χ2n) is 6.83. The summed E-state index contributed by atoms with van der Waals surface area (Å²) in [6.07, 6.45) is 3.40. The van der Waals surface area contributed by atoms with Crippen LogP contribution in [0.1, 0.15) is 53.9 Å². The molecule has 1 heterocycles. The molecule has 0 radical (unpaired) electrons. The highest BCUT2D eigenvalue weighted by Gasteiger charge is 2.35. The monoisotopic (exact) mass is 240 g/mol. The minimum Gasteiger partial charge on any atom is -0.341 e. The van der Waals surface area contributed by atoms with Crippen molar-refractivity contribution in [2.24, 2.45) is 16.6 Å². The normalized spacial score (nSPS) is 22.4. The number of amides is 1. The number of piperidine rings is 1. The molecule has 2 N–H and O–H groups in total. The van der Waals surface area contributed by atoms with Gasteiger partial charge >= 0.3 is 0 Å². The summed E-state index contributed by atoms with van der Waals surface area (Å²) in [7, 11) is 0. The van der Waals surface area contributed by atoms with Crippen LogP contribution in [0.4, 0.5) is 0 Å². The van der Waals surface area contributed by atoms with E-state index >= 15 is 0 Å². The lowest BCUT2D eigenvalue weighted by Gasteiger charge is -2.41. The second kappa shape index (κ2) is 4.97. The van der Waals surface area contributed by atoms with Gasteiger partial charge in [-0.2, -0.15) is 0 Å². The largest absolute Gasteiger partial charge is 0.341 e. The van der Waals surface area contributed by atoms with E-state index in [1.807, 2.05) is 25.7 Å². The van der Waals surface area contributed by atoms with Crippen LogP contribution in [0, 0.1) is 10.8 Å². The molecule has 17 heavy (non-hydrogen) atoms. The van der Waals surface area contributed by atoms with Gasteiger partial charge in [-0.15, -0.1) is 0 Å². The predicted molar refractivity (Wildman–Crippen MR) is 71.6 cm³/mol. The van der Waals surface area contributed by atoms with Gasteiger partial charge in [-0.3, -0.25) is 4.79 Å². The Kier molecular flexibility index (Phi) is 4.23. The van der Waals surface area contributed by atoms with Gasteiger partial charge in [0.05, 0.1) is 6.04 Å². The number of hydrogen-bond acceptors (Lipinski definition) is 2. The molecule has 3 nitrogen and oxygen atoms in total. The highest BCUT2D eigenvalue weighted by Crippen LogP contribution is 2.34. The predicted octanol–water partition coefficient (Wildman–Crippen LogP) is 2.40. The Hall–Kier alpha value is -0.570. The molecule has 0 aromatic heterocycles. The van der Waals surface area contributed by atoms with Gasteiger partial charge in [-0.25, -0.2) is 0 Å². The number of nitrogens with zero attached hydrogens (tertiary/aromatic N) is 1. The van der Waals surface area contributed by atoms with E-state index in [0.29, 0.717) is 5.41 Å². The third kappa shape index (κ3) is 3.44. The third-order valence-corrected chi connectivity index (χ3v) is 4.33. The zero-order valence-electron chi connectivity index (χ0n) is 12.0. The van der Waals surface area contributed by atoms with Crippen molar-refractivity contribution in [1.82, 2.24) is 4.90 Å². The van der Waals surface area contributed by atoms with E-state index < -0.39 is 0 Å². The van der Waals surface area contributed by atoms with Crippen LogP contribution in [0.3, 0.4) is 0 Å². The summed E-state index contributed by atoms with van der Waals surface area (Å²) < 4.78 is 0. The van der Waals surface area contributed by atoms with Gasteiger partial charge in [0.15, 0.2) is 0 Å². The Bertz CT molecular complexity index is 272. The lowest BCUT2D eigenvalue weighted by molar-refractivity contribution is -0.137. The fraction of sp³-hybridized carbons (Fsp3) is 0.929. The van der Waals surface area contributed by atoms with Crippen molar-refractivity contribution in [3.63, 3.8) is 0 Å². The van der Waals surface area contributed by atoms with E-state index in [9.17, 15) is 4.79 Å². The Morgan fingerprint density at radius 3 is 2.18 bits per heavy atom. The average Bonchev–Trinajstić information content (AvgIpc) is 2.27. The summed E-state index contributed by atoms with van der Waals surface area (Å²) in [5, 5.41) is 0. The molecule has 0 aromatic carbocycles. The van der Waals surface area contributed by atoms with Crippen LogP contribution in [0.25, 0.3) is 0 Å². The summed E-state index contributed by atoms with van der Waals surface area (Å²) in [5.41, 5.74) is 6.30. The van der Waals surface area contributed by atoms with Gasteiger partial charge in [-0.05, 0) is 23.7 Å². The van der Waals surface area contributed by atoms with Crippen LogP contribution in [-0.4, -0.2) is 29.9 Å². The summed E-state index contributed by atoms with van der Waals surface area (Å²) in [6, 6.07) is -0.381. The number of rotatable bonds is 2. The maximum atomic E-state index is 12.2. The average molecular weight is 240 g/mol. The van der Waals surface area contributed by atoms with Gasteiger partial charge in [0.25, 0.3) is 0 Å². The van der Waals surface area contributed by atoms with E-state index in [1.165, 1.54) is 6.42 Å². The molecule has 0 aliphatic carbocycles. The summed E-state index contributed by atoms with van der Waals surface area (Å²) in [6.45, 7) is 12.4. The molecule has 1 amide bonds. The number of nitrogens with two attached hydrogens (primary N) is 1. The molecule has 0 spiro atoms. The molecule has 0 saturated carbocycles. The van der Waals surface area contributed by atoms with E-state index in [1.54, 1.807) is 0 Å². The fourth-order valence-electron chi connectivity index (χ4n) is 2.19. The molecule has 1 aliphatic heterocycles. The zero-order valence-corrected chi connectivity index (χ0v) is 12.0. The maximum Gasteiger partial charge on any atom is 0.240 e. The number of likely N-dealkylation sites (tertiary alicyclic amines) is 1. The van der Waals surface area contributed by atoms with Gasteiger partial charge in [0, 0.05) is 13.1 Å². The minimum absolute atomic E-state index is 0.121. The van der Waals surface area contributed by atoms with Crippen LogP contribution >= 0.6 is 0 Å². The van der Waals surface area contributed by atoms with Crippen molar-refractivity contribution in [3.8, 4) is 0 Å². The minimum atomic E-state index is -0.381. The third-order valence-electron chi connectivity index (χ3n) is 4.33. The molecule has 100 valence electrons. The molecule has 0 bridgehead atoms. The number of carbonyl (C=O) groups excluding carboxylic acids is 1. The van der Waals surface area contributed by atoms with Gasteiger partial charge in [-0.1, -0.05) is 41.0 Å². The Morgan fingerprint density at radius 2 is 1.82 bits per heavy atom. The van der Waals surface area contributed by atoms with Crippen LogP contribution in [0.2, 0.25) is 0 Å². The van der Waals surface area contributed by atoms with Crippen LogP contribution in [-0.2, 0) is 4.79 Å². The zero-order chi connectivity index (χ0) is 13.3. The molecule has 1 atom stereocenters. The molecule has 1 aliphatic rings. The van der Waals surface area contributed by atoms with Crippen LogP contribution in [0.5, 0.6) is 0 Å². The second-order valence-corrected chi connectivity index (χ2v) is 6.83. The maximum absolute atomic E-state index is 12.2. The Morgan fingerprint density at radius 1 is 1.35 bits per heavy atom. The SMILES string of the molecule is CCC1(C)CCN(C(=O)[C@@H](N)C(C)(C)C)CC1. The first-order chi connectivity index (χ1) is 7.69. The topological polar surface area (TPSA) is 46.3 Å². The Labute approximate surface area is 106 Å². The molecule has 1 fully saturated rings. The molecular formula is C14H28N2O. The molecular weight excluding hydrogens is 212 g/mol. The fourth-order valence-corrected chi connectivity index (χ4v) is 2.19. The van der Waals surface area contributed by atoms with Crippen molar-refractivity contribution in [2.75, 3.05) is 13.1 Å². The quantitative estimate of drug-likeness (QED) is 0.805. The molecule has 3 heteroatoms. The lowest BCUT2D eigenvalue weighted by atomic mass is 9.77. The van der Waals surface area contributed by atoms with Crippen molar-refractivity contribution in [3.05, 3.63) is 0 Å². The molecule has 1 saturated heterocycles. The summed E-state index contributed by atoms with van der Waals surface area (Å²) >= 11 is 0. The van der Waals surface area contributed by atoms with Gasteiger partial charge in [0.2, 0.25) is 5.91 Å². The standard InChI is InChI=1S/C14H28N2O/c1-6-14(5)7-9-16(10-8-14)12(17)11(15)13(2,3)4/h11H,6-10,15H2,1-5H3/t11-/m1/s1. The van der Waals surface area contributed by atoms with E-state index in [-0.39, 0.29) is 17.4 Å². The molecule has 0 unspecified atom stereocenters. The smallest absolute Gasteiger partial charge is 0.240 e. The number of hydrogen-bond donors (Lipinski definition) is 1. The van der Waals surface area contributed by atoms with Crippen molar-refractivity contribution in [2.45, 2.75) is 59.9 Å². The molecule has 1 rings (SSSR count). The number of carbonyl (C=O) groups is 1. The van der Waals surface area contributed by atoms with E-state index in [0.717, 1.165) is 25.9 Å². The first-order valence-corrected chi connectivity index (χ1v) is 6.74.